The fourth-order valence-electron chi connectivity index (χ4n) is 1.40. The SMILES string of the molecule is Cc1cc(I)ccc1NCc1ccn[nH]1. The molecule has 0 aliphatic rings. The van der Waals surface area contributed by atoms with Gasteiger partial charge in [0.25, 0.3) is 0 Å². The molecule has 2 N–H and O–H groups in total. The van der Waals surface area contributed by atoms with Gasteiger partial charge in [-0.05, 0) is 59.3 Å². The van der Waals surface area contributed by atoms with Crippen molar-refractivity contribution in [2.75, 3.05) is 5.32 Å². The summed E-state index contributed by atoms with van der Waals surface area (Å²) in [6.07, 6.45) is 1.76. The number of anilines is 1. The van der Waals surface area contributed by atoms with Crippen LogP contribution in [-0.2, 0) is 6.54 Å². The van der Waals surface area contributed by atoms with Gasteiger partial charge in [-0.1, -0.05) is 0 Å². The minimum atomic E-state index is 0.779. The first-order chi connectivity index (χ1) is 7.25. The van der Waals surface area contributed by atoms with Gasteiger partial charge < -0.3 is 5.32 Å². The zero-order chi connectivity index (χ0) is 10.7. The minimum absolute atomic E-state index is 0.779. The lowest BCUT2D eigenvalue weighted by atomic mass is 10.2. The van der Waals surface area contributed by atoms with Crippen molar-refractivity contribution in [1.29, 1.82) is 0 Å². The Bertz CT molecular complexity index is 437. The van der Waals surface area contributed by atoms with Crippen molar-refractivity contribution in [1.82, 2.24) is 10.2 Å². The summed E-state index contributed by atoms with van der Waals surface area (Å²) in [5, 5.41) is 10.2. The molecule has 0 bridgehead atoms. The first-order valence-electron chi connectivity index (χ1n) is 4.74. The molecule has 0 spiro atoms. The van der Waals surface area contributed by atoms with Crippen molar-refractivity contribution in [2.45, 2.75) is 13.5 Å². The van der Waals surface area contributed by atoms with Crippen molar-refractivity contribution in [3.8, 4) is 0 Å². The molecule has 0 saturated heterocycles. The number of benzene rings is 1. The van der Waals surface area contributed by atoms with E-state index in [1.807, 2.05) is 6.07 Å². The maximum Gasteiger partial charge on any atom is 0.0567 e. The van der Waals surface area contributed by atoms with Crippen molar-refractivity contribution in [2.24, 2.45) is 0 Å². The predicted molar refractivity (Wildman–Crippen MR) is 69.8 cm³/mol. The topological polar surface area (TPSA) is 40.7 Å². The standard InChI is InChI=1S/C11H12IN3/c1-8-6-9(12)2-3-11(8)13-7-10-4-5-14-15-10/h2-6,13H,7H2,1H3,(H,14,15). The lowest BCUT2D eigenvalue weighted by Gasteiger charge is -2.08. The van der Waals surface area contributed by atoms with Crippen molar-refractivity contribution in [3.63, 3.8) is 0 Å². The maximum absolute atomic E-state index is 3.90. The Hall–Kier alpha value is -1.04. The van der Waals surface area contributed by atoms with Crippen LogP contribution < -0.4 is 5.32 Å². The molecule has 1 aromatic heterocycles. The average molecular weight is 313 g/mol. The highest BCUT2D eigenvalue weighted by Crippen LogP contribution is 2.18. The lowest BCUT2D eigenvalue weighted by Crippen LogP contribution is -2.01. The molecule has 1 aromatic carbocycles. The monoisotopic (exact) mass is 313 g/mol. The number of nitrogens with zero attached hydrogens (tertiary/aromatic N) is 1. The number of hydrogen-bond acceptors (Lipinski definition) is 2. The third-order valence-corrected chi connectivity index (χ3v) is 2.89. The van der Waals surface area contributed by atoms with Crippen LogP contribution in [0.25, 0.3) is 0 Å². The van der Waals surface area contributed by atoms with Crippen LogP contribution in [0, 0.1) is 10.5 Å². The molecule has 0 saturated carbocycles. The van der Waals surface area contributed by atoms with Crippen LogP contribution in [0.4, 0.5) is 5.69 Å². The summed E-state index contributed by atoms with van der Waals surface area (Å²) >= 11 is 2.32. The molecule has 2 rings (SSSR count). The van der Waals surface area contributed by atoms with E-state index in [9.17, 15) is 0 Å². The van der Waals surface area contributed by atoms with E-state index in [1.54, 1.807) is 6.20 Å². The van der Waals surface area contributed by atoms with Gasteiger partial charge in [-0.15, -0.1) is 0 Å². The third-order valence-electron chi connectivity index (χ3n) is 2.22. The molecule has 0 aliphatic carbocycles. The zero-order valence-electron chi connectivity index (χ0n) is 8.42. The number of halogens is 1. The van der Waals surface area contributed by atoms with Gasteiger partial charge >= 0.3 is 0 Å². The normalized spacial score (nSPS) is 10.3. The van der Waals surface area contributed by atoms with Gasteiger partial charge in [0.2, 0.25) is 0 Å². The molecule has 0 radical (unpaired) electrons. The molecule has 0 aliphatic heterocycles. The van der Waals surface area contributed by atoms with E-state index in [4.69, 9.17) is 0 Å². The number of aromatic nitrogens is 2. The van der Waals surface area contributed by atoms with Crippen LogP contribution in [0.5, 0.6) is 0 Å². The van der Waals surface area contributed by atoms with E-state index in [0.29, 0.717) is 0 Å². The molecule has 4 heteroatoms. The largest absolute Gasteiger partial charge is 0.379 e. The quantitative estimate of drug-likeness (QED) is 0.856. The third kappa shape index (κ3) is 2.71. The maximum atomic E-state index is 3.90. The fourth-order valence-corrected chi connectivity index (χ4v) is 2.05. The summed E-state index contributed by atoms with van der Waals surface area (Å²) in [6, 6.07) is 8.33. The Labute approximate surface area is 102 Å². The number of hydrogen-bond donors (Lipinski definition) is 2. The number of nitrogens with one attached hydrogen (secondary N) is 2. The highest BCUT2D eigenvalue weighted by molar-refractivity contribution is 14.1. The summed E-state index contributed by atoms with van der Waals surface area (Å²) in [6.45, 7) is 2.89. The Kier molecular flexibility index (Phi) is 3.25. The Morgan fingerprint density at radius 3 is 2.93 bits per heavy atom. The van der Waals surface area contributed by atoms with E-state index in [1.165, 1.54) is 14.8 Å². The van der Waals surface area contributed by atoms with Gasteiger partial charge in [-0.25, -0.2) is 0 Å². The fraction of sp³-hybridized carbons (Fsp3) is 0.182. The molecule has 0 amide bonds. The van der Waals surface area contributed by atoms with Crippen molar-refractivity contribution < 1.29 is 0 Å². The number of H-pyrrole nitrogens is 1. The summed E-state index contributed by atoms with van der Waals surface area (Å²) in [4.78, 5) is 0. The highest BCUT2D eigenvalue weighted by atomic mass is 127. The van der Waals surface area contributed by atoms with Crippen LogP contribution >= 0.6 is 22.6 Å². The van der Waals surface area contributed by atoms with Crippen molar-refractivity contribution in [3.05, 3.63) is 45.3 Å². The van der Waals surface area contributed by atoms with Gasteiger partial charge in [0.05, 0.1) is 12.2 Å². The minimum Gasteiger partial charge on any atom is -0.379 e. The molecule has 3 nitrogen and oxygen atoms in total. The zero-order valence-corrected chi connectivity index (χ0v) is 10.6. The second-order valence-corrected chi connectivity index (χ2v) is 4.64. The smallest absolute Gasteiger partial charge is 0.0567 e. The van der Waals surface area contributed by atoms with Gasteiger partial charge in [0, 0.05) is 15.5 Å². The molecule has 0 fully saturated rings. The number of rotatable bonds is 3. The van der Waals surface area contributed by atoms with Crippen LogP contribution in [0.3, 0.4) is 0 Å². The van der Waals surface area contributed by atoms with Gasteiger partial charge in [0.15, 0.2) is 0 Å². The molecule has 2 aromatic rings. The van der Waals surface area contributed by atoms with Crippen molar-refractivity contribution >= 4 is 28.3 Å². The summed E-state index contributed by atoms with van der Waals surface area (Å²) in [7, 11) is 0. The molecule has 0 atom stereocenters. The second kappa shape index (κ2) is 4.65. The lowest BCUT2D eigenvalue weighted by molar-refractivity contribution is 0.980. The van der Waals surface area contributed by atoms with E-state index in [0.717, 1.165) is 12.2 Å². The van der Waals surface area contributed by atoms with Crippen LogP contribution in [-0.4, -0.2) is 10.2 Å². The predicted octanol–water partition coefficient (Wildman–Crippen LogP) is 2.93. The van der Waals surface area contributed by atoms with E-state index < -0.39 is 0 Å². The van der Waals surface area contributed by atoms with Gasteiger partial charge in [0.1, 0.15) is 0 Å². The summed E-state index contributed by atoms with van der Waals surface area (Å²) in [5.41, 5.74) is 3.53. The second-order valence-electron chi connectivity index (χ2n) is 3.39. The summed E-state index contributed by atoms with van der Waals surface area (Å²) < 4.78 is 1.26. The van der Waals surface area contributed by atoms with Crippen LogP contribution in [0.1, 0.15) is 11.3 Å². The molecule has 0 unspecified atom stereocenters. The number of aromatic amines is 1. The van der Waals surface area contributed by atoms with Crippen LogP contribution in [0.15, 0.2) is 30.5 Å². The van der Waals surface area contributed by atoms with E-state index >= 15 is 0 Å². The molecule has 1 heterocycles. The van der Waals surface area contributed by atoms with E-state index in [2.05, 4.69) is 63.2 Å². The Balaban J connectivity index is 2.05. The number of aryl methyl sites for hydroxylation is 1. The Morgan fingerprint density at radius 1 is 1.40 bits per heavy atom. The first kappa shape index (κ1) is 10.5. The van der Waals surface area contributed by atoms with Crippen LogP contribution in [0.2, 0.25) is 0 Å². The first-order valence-corrected chi connectivity index (χ1v) is 5.82. The molecule has 78 valence electrons. The van der Waals surface area contributed by atoms with E-state index in [-0.39, 0.29) is 0 Å². The molecular weight excluding hydrogens is 301 g/mol. The average Bonchev–Trinajstić information content (AvgIpc) is 2.69. The van der Waals surface area contributed by atoms with Gasteiger partial charge in [-0.2, -0.15) is 5.10 Å². The Morgan fingerprint density at radius 2 is 2.27 bits per heavy atom. The summed E-state index contributed by atoms with van der Waals surface area (Å²) in [5.74, 6) is 0. The van der Waals surface area contributed by atoms with Gasteiger partial charge in [-0.3, -0.25) is 5.10 Å². The molecule has 15 heavy (non-hydrogen) atoms. The molecular formula is C11H12IN3. The highest BCUT2D eigenvalue weighted by Gasteiger charge is 1.99.